The van der Waals surface area contributed by atoms with E-state index in [1.807, 2.05) is 6.07 Å². The molecular weight excluding hydrogens is 305 g/mol. The SMILES string of the molecule is CC(C)(C)C(=O)N(CC(=O)c1ccccc1)Cc1ccccc1F. The van der Waals surface area contributed by atoms with Gasteiger partial charge in [-0.15, -0.1) is 0 Å². The number of nitrogens with zero attached hydrogens (tertiary/aromatic N) is 1. The maximum absolute atomic E-state index is 13.9. The number of rotatable bonds is 5. The largest absolute Gasteiger partial charge is 0.330 e. The maximum atomic E-state index is 13.9. The first-order chi connectivity index (χ1) is 11.3. The first-order valence-corrected chi connectivity index (χ1v) is 7.90. The van der Waals surface area contributed by atoms with E-state index in [-0.39, 0.29) is 30.6 Å². The lowest BCUT2D eigenvalue weighted by Gasteiger charge is -2.29. The fraction of sp³-hybridized carbons (Fsp3) is 0.300. The third-order valence-electron chi connectivity index (χ3n) is 3.68. The van der Waals surface area contributed by atoms with Gasteiger partial charge < -0.3 is 4.90 Å². The van der Waals surface area contributed by atoms with Gasteiger partial charge in [0.15, 0.2) is 5.78 Å². The topological polar surface area (TPSA) is 37.4 Å². The minimum atomic E-state index is -0.651. The van der Waals surface area contributed by atoms with Gasteiger partial charge >= 0.3 is 0 Å². The number of benzene rings is 2. The zero-order valence-electron chi connectivity index (χ0n) is 14.3. The van der Waals surface area contributed by atoms with Crippen molar-refractivity contribution in [2.75, 3.05) is 6.54 Å². The average molecular weight is 327 g/mol. The van der Waals surface area contributed by atoms with Crippen molar-refractivity contribution in [2.24, 2.45) is 5.41 Å². The van der Waals surface area contributed by atoms with E-state index in [1.165, 1.54) is 11.0 Å². The van der Waals surface area contributed by atoms with E-state index < -0.39 is 5.41 Å². The summed E-state index contributed by atoms with van der Waals surface area (Å²) in [4.78, 5) is 26.6. The summed E-state index contributed by atoms with van der Waals surface area (Å²) < 4.78 is 13.9. The van der Waals surface area contributed by atoms with Crippen molar-refractivity contribution in [2.45, 2.75) is 27.3 Å². The van der Waals surface area contributed by atoms with Gasteiger partial charge in [0.25, 0.3) is 0 Å². The molecule has 0 unspecified atom stereocenters. The lowest BCUT2D eigenvalue weighted by atomic mass is 9.94. The molecule has 0 aliphatic carbocycles. The van der Waals surface area contributed by atoms with Gasteiger partial charge in [0.05, 0.1) is 6.54 Å². The van der Waals surface area contributed by atoms with E-state index in [0.717, 1.165) is 0 Å². The molecule has 0 N–H and O–H groups in total. The van der Waals surface area contributed by atoms with Crippen molar-refractivity contribution in [3.8, 4) is 0 Å². The van der Waals surface area contributed by atoms with Crippen LogP contribution in [0.15, 0.2) is 54.6 Å². The first kappa shape index (κ1) is 17.9. The molecule has 0 spiro atoms. The summed E-state index contributed by atoms with van der Waals surface area (Å²) in [5, 5.41) is 0. The van der Waals surface area contributed by atoms with Gasteiger partial charge in [-0.25, -0.2) is 4.39 Å². The normalized spacial score (nSPS) is 11.2. The van der Waals surface area contributed by atoms with E-state index in [1.54, 1.807) is 63.2 Å². The molecule has 0 saturated carbocycles. The standard InChI is InChI=1S/C20H22FNO2/c1-20(2,3)19(24)22(13-16-11-7-8-12-17(16)21)14-18(23)15-9-5-4-6-10-15/h4-12H,13-14H2,1-3H3. The monoisotopic (exact) mass is 327 g/mol. The second-order valence-corrected chi connectivity index (χ2v) is 6.79. The molecule has 0 radical (unpaired) electrons. The van der Waals surface area contributed by atoms with Crippen molar-refractivity contribution in [3.05, 3.63) is 71.5 Å². The zero-order chi connectivity index (χ0) is 17.7. The van der Waals surface area contributed by atoms with E-state index >= 15 is 0 Å². The molecule has 4 heteroatoms. The predicted molar refractivity (Wildman–Crippen MR) is 92.0 cm³/mol. The fourth-order valence-corrected chi connectivity index (χ4v) is 2.39. The van der Waals surface area contributed by atoms with Gasteiger partial charge in [-0.05, 0) is 6.07 Å². The number of amides is 1. The van der Waals surface area contributed by atoms with Gasteiger partial charge in [0, 0.05) is 23.1 Å². The molecule has 1 amide bonds. The fourth-order valence-electron chi connectivity index (χ4n) is 2.39. The molecule has 0 bridgehead atoms. The van der Waals surface area contributed by atoms with E-state index in [0.29, 0.717) is 11.1 Å². The molecule has 0 aliphatic heterocycles. The van der Waals surface area contributed by atoms with Crippen molar-refractivity contribution < 1.29 is 14.0 Å². The number of carbonyl (C=O) groups excluding carboxylic acids is 2. The summed E-state index contributed by atoms with van der Waals surface area (Å²) in [6.45, 7) is 5.36. The van der Waals surface area contributed by atoms with Crippen LogP contribution in [0.25, 0.3) is 0 Å². The molecule has 0 aliphatic rings. The molecule has 2 rings (SSSR count). The van der Waals surface area contributed by atoms with Crippen LogP contribution in [0.1, 0.15) is 36.7 Å². The van der Waals surface area contributed by atoms with Gasteiger partial charge in [-0.3, -0.25) is 9.59 Å². The van der Waals surface area contributed by atoms with E-state index in [2.05, 4.69) is 0 Å². The Morgan fingerprint density at radius 1 is 0.958 bits per heavy atom. The maximum Gasteiger partial charge on any atom is 0.228 e. The van der Waals surface area contributed by atoms with Gasteiger partial charge in [0.1, 0.15) is 5.82 Å². The molecule has 2 aromatic carbocycles. The van der Waals surface area contributed by atoms with Crippen LogP contribution in [0, 0.1) is 11.2 Å². The third kappa shape index (κ3) is 4.51. The Bertz CT molecular complexity index is 720. The van der Waals surface area contributed by atoms with Crippen molar-refractivity contribution in [3.63, 3.8) is 0 Å². The van der Waals surface area contributed by atoms with Crippen LogP contribution in [0.2, 0.25) is 0 Å². The number of hydrogen-bond acceptors (Lipinski definition) is 2. The van der Waals surface area contributed by atoms with Crippen LogP contribution in [0.4, 0.5) is 4.39 Å². The summed E-state index contributed by atoms with van der Waals surface area (Å²) in [5.41, 5.74) is 0.288. The second-order valence-electron chi connectivity index (χ2n) is 6.79. The minimum Gasteiger partial charge on any atom is -0.330 e. The van der Waals surface area contributed by atoms with Gasteiger partial charge in [-0.1, -0.05) is 69.3 Å². The highest BCUT2D eigenvalue weighted by Gasteiger charge is 2.29. The Morgan fingerprint density at radius 3 is 2.12 bits per heavy atom. The Hall–Kier alpha value is -2.49. The zero-order valence-corrected chi connectivity index (χ0v) is 14.3. The molecular formula is C20H22FNO2. The highest BCUT2D eigenvalue weighted by molar-refractivity contribution is 5.99. The molecule has 0 atom stereocenters. The lowest BCUT2D eigenvalue weighted by molar-refractivity contribution is -0.139. The molecule has 24 heavy (non-hydrogen) atoms. The smallest absolute Gasteiger partial charge is 0.228 e. The number of ketones is 1. The Labute approximate surface area is 142 Å². The Morgan fingerprint density at radius 2 is 1.54 bits per heavy atom. The summed E-state index contributed by atoms with van der Waals surface area (Å²) >= 11 is 0. The molecule has 3 nitrogen and oxygen atoms in total. The van der Waals surface area contributed by atoms with Crippen LogP contribution in [-0.2, 0) is 11.3 Å². The average Bonchev–Trinajstić information content (AvgIpc) is 2.55. The third-order valence-corrected chi connectivity index (χ3v) is 3.68. The molecule has 0 aromatic heterocycles. The van der Waals surface area contributed by atoms with E-state index in [9.17, 15) is 14.0 Å². The number of Topliss-reactive ketones (excluding diaryl/α,β-unsaturated/α-hetero) is 1. The Balaban J connectivity index is 2.25. The minimum absolute atomic E-state index is 0.0708. The van der Waals surface area contributed by atoms with Crippen LogP contribution in [-0.4, -0.2) is 23.1 Å². The highest BCUT2D eigenvalue weighted by atomic mass is 19.1. The quantitative estimate of drug-likeness (QED) is 0.776. The highest BCUT2D eigenvalue weighted by Crippen LogP contribution is 2.20. The number of halogens is 1. The van der Waals surface area contributed by atoms with Crippen molar-refractivity contribution in [1.82, 2.24) is 4.90 Å². The van der Waals surface area contributed by atoms with Gasteiger partial charge in [0.2, 0.25) is 5.91 Å². The first-order valence-electron chi connectivity index (χ1n) is 7.90. The van der Waals surface area contributed by atoms with E-state index in [4.69, 9.17) is 0 Å². The summed E-state index contributed by atoms with van der Waals surface area (Å²) in [5.74, 6) is -0.726. The second kappa shape index (κ2) is 7.39. The lowest BCUT2D eigenvalue weighted by Crippen LogP contribution is -2.42. The van der Waals surface area contributed by atoms with Crippen molar-refractivity contribution >= 4 is 11.7 Å². The van der Waals surface area contributed by atoms with Crippen LogP contribution < -0.4 is 0 Å². The molecule has 2 aromatic rings. The molecule has 0 heterocycles. The number of hydrogen-bond donors (Lipinski definition) is 0. The van der Waals surface area contributed by atoms with Crippen LogP contribution in [0.3, 0.4) is 0 Å². The van der Waals surface area contributed by atoms with Crippen LogP contribution in [0.5, 0.6) is 0 Å². The molecule has 0 saturated heterocycles. The summed E-state index contributed by atoms with van der Waals surface area (Å²) in [7, 11) is 0. The molecule has 0 fully saturated rings. The van der Waals surface area contributed by atoms with Gasteiger partial charge in [-0.2, -0.15) is 0 Å². The summed E-state index contributed by atoms with van der Waals surface area (Å²) in [6, 6.07) is 15.1. The molecule has 126 valence electrons. The Kier molecular flexibility index (Phi) is 5.50. The predicted octanol–water partition coefficient (Wildman–Crippen LogP) is 4.08. The summed E-state index contributed by atoms with van der Waals surface area (Å²) in [6.07, 6.45) is 0. The number of carbonyl (C=O) groups is 2. The van der Waals surface area contributed by atoms with Crippen LogP contribution >= 0.6 is 0 Å². The van der Waals surface area contributed by atoms with Crippen molar-refractivity contribution in [1.29, 1.82) is 0 Å².